The van der Waals surface area contributed by atoms with Crippen LogP contribution >= 0.6 is 0 Å². The Kier molecular flexibility index (Phi) is 5.51. The Morgan fingerprint density at radius 2 is 1.75 bits per heavy atom. The molecule has 2 aliphatic rings. The molecule has 1 unspecified atom stereocenters. The van der Waals surface area contributed by atoms with Crippen molar-refractivity contribution in [1.29, 1.82) is 0 Å². The van der Waals surface area contributed by atoms with Crippen molar-refractivity contribution in [1.82, 2.24) is 9.80 Å². The van der Waals surface area contributed by atoms with Gasteiger partial charge in [-0.15, -0.1) is 0 Å². The number of carbonyl (C=O) groups is 1. The molecule has 1 amide bonds. The number of benzene rings is 1. The summed E-state index contributed by atoms with van der Waals surface area (Å²) in [6.07, 6.45) is 1.95. The number of ether oxygens (including phenoxy) is 1. The van der Waals surface area contributed by atoms with Gasteiger partial charge in [-0.3, -0.25) is 9.69 Å². The van der Waals surface area contributed by atoms with E-state index in [1.165, 1.54) is 6.07 Å². The lowest BCUT2D eigenvalue weighted by Gasteiger charge is -2.39. The largest absolute Gasteiger partial charge is 0.376 e. The van der Waals surface area contributed by atoms with Gasteiger partial charge >= 0.3 is 0 Å². The molecule has 1 aromatic rings. The summed E-state index contributed by atoms with van der Waals surface area (Å²) >= 11 is 0. The molecule has 0 aromatic heterocycles. The number of amides is 1. The van der Waals surface area contributed by atoms with E-state index in [2.05, 4.69) is 4.90 Å². The molecule has 2 heterocycles. The van der Waals surface area contributed by atoms with Gasteiger partial charge in [0.15, 0.2) is 0 Å². The van der Waals surface area contributed by atoms with Gasteiger partial charge in [0.25, 0.3) is 0 Å². The zero-order valence-corrected chi connectivity index (χ0v) is 14.6. The molecule has 132 valence electrons. The molecule has 0 aliphatic carbocycles. The topological polar surface area (TPSA) is 32.8 Å². The first-order valence-electron chi connectivity index (χ1n) is 8.93. The number of halogens is 1. The third kappa shape index (κ3) is 4.14. The van der Waals surface area contributed by atoms with Crippen LogP contribution in [0.3, 0.4) is 0 Å². The lowest BCUT2D eigenvalue weighted by Crippen LogP contribution is -2.51. The normalized spacial score (nSPS) is 28.8. The second-order valence-corrected chi connectivity index (χ2v) is 7.12. The maximum Gasteiger partial charge on any atom is 0.225 e. The Morgan fingerprint density at radius 3 is 2.38 bits per heavy atom. The monoisotopic (exact) mass is 334 g/mol. The first kappa shape index (κ1) is 17.4. The molecule has 5 heteroatoms. The van der Waals surface area contributed by atoms with Gasteiger partial charge in [0.2, 0.25) is 5.91 Å². The highest BCUT2D eigenvalue weighted by Crippen LogP contribution is 2.27. The van der Waals surface area contributed by atoms with Crippen LogP contribution in [0.1, 0.15) is 32.3 Å². The molecule has 2 aliphatic heterocycles. The summed E-state index contributed by atoms with van der Waals surface area (Å²) in [6, 6.07) is 6.91. The fourth-order valence-electron chi connectivity index (χ4n) is 3.86. The minimum absolute atomic E-state index is 0.0851. The van der Waals surface area contributed by atoms with Crippen molar-refractivity contribution >= 4 is 5.91 Å². The van der Waals surface area contributed by atoms with Crippen LogP contribution in [-0.2, 0) is 16.1 Å². The maximum absolute atomic E-state index is 13.8. The second kappa shape index (κ2) is 7.62. The Hall–Kier alpha value is -1.46. The van der Waals surface area contributed by atoms with Gasteiger partial charge in [0.1, 0.15) is 5.82 Å². The zero-order chi connectivity index (χ0) is 17.1. The van der Waals surface area contributed by atoms with E-state index < -0.39 is 0 Å². The van der Waals surface area contributed by atoms with E-state index in [1.54, 1.807) is 6.07 Å². The molecule has 2 fully saturated rings. The molecule has 0 N–H and O–H groups in total. The summed E-state index contributed by atoms with van der Waals surface area (Å²) in [5.41, 5.74) is 0.726. The predicted octanol–water partition coefficient (Wildman–Crippen LogP) is 2.67. The van der Waals surface area contributed by atoms with Crippen molar-refractivity contribution in [3.8, 4) is 0 Å². The highest BCUT2D eigenvalue weighted by atomic mass is 19.1. The molecular formula is C19H27FN2O2. The van der Waals surface area contributed by atoms with Crippen molar-refractivity contribution in [2.45, 2.75) is 45.4 Å². The minimum atomic E-state index is -0.152. The van der Waals surface area contributed by atoms with Crippen LogP contribution in [0, 0.1) is 11.7 Å². The first-order valence-corrected chi connectivity index (χ1v) is 8.93. The van der Waals surface area contributed by atoms with Crippen molar-refractivity contribution in [3.05, 3.63) is 35.6 Å². The van der Waals surface area contributed by atoms with Gasteiger partial charge in [-0.05, 0) is 32.8 Å². The Bertz CT molecular complexity index is 562. The molecule has 0 spiro atoms. The van der Waals surface area contributed by atoms with Gasteiger partial charge in [0, 0.05) is 44.2 Å². The van der Waals surface area contributed by atoms with Crippen molar-refractivity contribution in [2.75, 3.05) is 26.2 Å². The van der Waals surface area contributed by atoms with E-state index in [0.717, 1.165) is 44.6 Å². The minimum Gasteiger partial charge on any atom is -0.376 e. The highest BCUT2D eigenvalue weighted by molar-refractivity contribution is 5.79. The fraction of sp³-hybridized carbons (Fsp3) is 0.632. The summed E-state index contributed by atoms with van der Waals surface area (Å²) in [7, 11) is 0. The van der Waals surface area contributed by atoms with Crippen molar-refractivity contribution < 1.29 is 13.9 Å². The number of nitrogens with zero attached hydrogens (tertiary/aromatic N) is 2. The molecule has 0 saturated carbocycles. The summed E-state index contributed by atoms with van der Waals surface area (Å²) in [5, 5.41) is 0. The van der Waals surface area contributed by atoms with Crippen LogP contribution in [-0.4, -0.2) is 54.1 Å². The smallest absolute Gasteiger partial charge is 0.225 e. The quantitative estimate of drug-likeness (QED) is 0.852. The number of hydrogen-bond acceptors (Lipinski definition) is 3. The van der Waals surface area contributed by atoms with Crippen molar-refractivity contribution in [2.24, 2.45) is 5.92 Å². The highest BCUT2D eigenvalue weighted by Gasteiger charge is 2.33. The Labute approximate surface area is 143 Å². The molecular weight excluding hydrogens is 307 g/mol. The van der Waals surface area contributed by atoms with Gasteiger partial charge in [-0.1, -0.05) is 18.2 Å². The molecule has 2 saturated heterocycles. The maximum atomic E-state index is 13.8. The molecule has 0 radical (unpaired) electrons. The van der Waals surface area contributed by atoms with E-state index in [-0.39, 0.29) is 29.9 Å². The van der Waals surface area contributed by atoms with Crippen molar-refractivity contribution in [3.63, 3.8) is 0 Å². The zero-order valence-electron chi connectivity index (χ0n) is 14.6. The Balaban J connectivity index is 1.51. The van der Waals surface area contributed by atoms with E-state index in [9.17, 15) is 9.18 Å². The van der Waals surface area contributed by atoms with Crippen LogP contribution < -0.4 is 0 Å². The standard InChI is InChI=1S/C19H27FN2O2/c1-14-11-17(12-15(2)24-14)19(23)22-9-7-21(8-10-22)13-16-5-3-4-6-18(16)20/h3-6,14-15,17H,7-13H2,1-2H3/t14-,15+,17?. The number of carbonyl (C=O) groups excluding carboxylic acids is 1. The van der Waals surface area contributed by atoms with E-state index in [1.807, 2.05) is 30.9 Å². The van der Waals surface area contributed by atoms with Gasteiger partial charge in [-0.25, -0.2) is 4.39 Å². The number of rotatable bonds is 3. The molecule has 4 nitrogen and oxygen atoms in total. The van der Waals surface area contributed by atoms with Crippen LogP contribution in [0.15, 0.2) is 24.3 Å². The van der Waals surface area contributed by atoms with E-state index >= 15 is 0 Å². The van der Waals surface area contributed by atoms with Crippen LogP contribution in [0.4, 0.5) is 4.39 Å². The lowest BCUT2D eigenvalue weighted by atomic mass is 9.91. The fourth-order valence-corrected chi connectivity index (χ4v) is 3.86. The molecule has 1 aromatic carbocycles. The van der Waals surface area contributed by atoms with Gasteiger partial charge in [-0.2, -0.15) is 0 Å². The van der Waals surface area contributed by atoms with E-state index in [4.69, 9.17) is 4.74 Å². The Morgan fingerprint density at radius 1 is 1.12 bits per heavy atom. The van der Waals surface area contributed by atoms with Crippen LogP contribution in [0.5, 0.6) is 0 Å². The predicted molar refractivity (Wildman–Crippen MR) is 91.0 cm³/mol. The third-order valence-electron chi connectivity index (χ3n) is 5.08. The second-order valence-electron chi connectivity index (χ2n) is 7.12. The molecule has 24 heavy (non-hydrogen) atoms. The molecule has 3 rings (SSSR count). The average Bonchev–Trinajstić information content (AvgIpc) is 2.56. The van der Waals surface area contributed by atoms with Crippen LogP contribution in [0.2, 0.25) is 0 Å². The summed E-state index contributed by atoms with van der Waals surface area (Å²) in [5.74, 6) is 0.200. The average molecular weight is 334 g/mol. The molecule has 3 atom stereocenters. The van der Waals surface area contributed by atoms with Gasteiger partial charge in [0.05, 0.1) is 12.2 Å². The summed E-state index contributed by atoms with van der Waals surface area (Å²) in [6.45, 7) is 7.76. The SMILES string of the molecule is C[C@@H]1CC(C(=O)N2CCN(Cc3ccccc3F)CC2)C[C@H](C)O1. The first-order chi connectivity index (χ1) is 11.5. The van der Waals surface area contributed by atoms with Gasteiger partial charge < -0.3 is 9.64 Å². The number of hydrogen-bond donors (Lipinski definition) is 0. The third-order valence-corrected chi connectivity index (χ3v) is 5.08. The van der Waals surface area contributed by atoms with Crippen LogP contribution in [0.25, 0.3) is 0 Å². The lowest BCUT2D eigenvalue weighted by molar-refractivity contribution is -0.145. The van der Waals surface area contributed by atoms with E-state index in [0.29, 0.717) is 6.54 Å². The molecule has 0 bridgehead atoms. The number of piperazine rings is 1. The summed E-state index contributed by atoms with van der Waals surface area (Å²) in [4.78, 5) is 17.0. The summed E-state index contributed by atoms with van der Waals surface area (Å²) < 4.78 is 19.5.